The van der Waals surface area contributed by atoms with Crippen LogP contribution in [-0.2, 0) is 16.4 Å². The topological polar surface area (TPSA) is 72.6 Å². The Hall–Kier alpha value is -1.27. The van der Waals surface area contributed by atoms with Gasteiger partial charge in [-0.25, -0.2) is 8.42 Å². The third kappa shape index (κ3) is 2.04. The Labute approximate surface area is 125 Å². The Balaban J connectivity index is 1.80. The summed E-state index contributed by atoms with van der Waals surface area (Å²) >= 11 is 0. The summed E-state index contributed by atoms with van der Waals surface area (Å²) in [6, 6.07) is 3.57. The van der Waals surface area contributed by atoms with Crippen LogP contribution >= 0.6 is 0 Å². The first-order valence-corrected chi connectivity index (χ1v) is 9.07. The van der Waals surface area contributed by atoms with E-state index in [4.69, 9.17) is 10.5 Å². The van der Waals surface area contributed by atoms with E-state index in [9.17, 15) is 8.42 Å². The van der Waals surface area contributed by atoms with Crippen molar-refractivity contribution >= 4 is 15.7 Å². The maximum Gasteiger partial charge on any atom is 0.247 e. The van der Waals surface area contributed by atoms with E-state index in [1.54, 1.807) is 10.4 Å². The molecule has 114 valence electrons. The Morgan fingerprint density at radius 3 is 2.86 bits per heavy atom. The van der Waals surface area contributed by atoms with E-state index in [1.807, 2.05) is 6.07 Å². The second kappa shape index (κ2) is 4.61. The number of fused-ring (bicyclic) bond motifs is 3. The number of ether oxygens (including phenoxy) is 1. The molecule has 1 aliphatic carbocycles. The minimum atomic E-state index is -3.51. The highest BCUT2D eigenvalue weighted by Gasteiger charge is 2.45. The van der Waals surface area contributed by atoms with E-state index in [1.165, 1.54) is 0 Å². The van der Waals surface area contributed by atoms with Crippen molar-refractivity contribution < 1.29 is 13.2 Å². The van der Waals surface area contributed by atoms with Gasteiger partial charge in [-0.1, -0.05) is 0 Å². The summed E-state index contributed by atoms with van der Waals surface area (Å²) in [6.07, 6.45) is 4.88. The molecule has 1 aromatic rings. The number of sulfonamides is 1. The van der Waals surface area contributed by atoms with Gasteiger partial charge in [0.15, 0.2) is 0 Å². The van der Waals surface area contributed by atoms with E-state index >= 15 is 0 Å². The van der Waals surface area contributed by atoms with Crippen LogP contribution in [0.2, 0.25) is 0 Å². The van der Waals surface area contributed by atoms with E-state index in [2.05, 4.69) is 0 Å². The molecule has 6 heteroatoms. The Bertz CT molecular complexity index is 686. The molecule has 21 heavy (non-hydrogen) atoms. The fraction of sp³-hybridized carbons (Fsp3) is 0.600. The van der Waals surface area contributed by atoms with Gasteiger partial charge in [-0.15, -0.1) is 0 Å². The van der Waals surface area contributed by atoms with Gasteiger partial charge in [0.1, 0.15) is 10.6 Å². The number of benzene rings is 1. The predicted molar refractivity (Wildman–Crippen MR) is 79.7 cm³/mol. The van der Waals surface area contributed by atoms with Crippen LogP contribution in [-0.4, -0.2) is 31.9 Å². The summed E-state index contributed by atoms with van der Waals surface area (Å²) in [5, 5.41) is 0. The maximum atomic E-state index is 13.0. The molecule has 2 atom stereocenters. The molecule has 5 nitrogen and oxygen atoms in total. The lowest BCUT2D eigenvalue weighted by atomic mass is 10.1. The van der Waals surface area contributed by atoms with Crippen molar-refractivity contribution in [3.05, 3.63) is 17.7 Å². The zero-order chi connectivity index (χ0) is 14.6. The van der Waals surface area contributed by atoms with Gasteiger partial charge in [-0.3, -0.25) is 0 Å². The molecule has 2 fully saturated rings. The molecule has 0 amide bonds. The van der Waals surface area contributed by atoms with Gasteiger partial charge < -0.3 is 10.5 Å². The number of nitrogen functional groups attached to an aromatic ring is 1. The summed E-state index contributed by atoms with van der Waals surface area (Å²) in [7, 11) is -3.51. The third-order valence-electron chi connectivity index (χ3n) is 4.94. The van der Waals surface area contributed by atoms with E-state index in [0.717, 1.165) is 37.7 Å². The van der Waals surface area contributed by atoms with Crippen LogP contribution in [0.1, 0.15) is 31.2 Å². The van der Waals surface area contributed by atoms with E-state index in [-0.39, 0.29) is 10.9 Å². The monoisotopic (exact) mass is 308 g/mol. The van der Waals surface area contributed by atoms with Crippen LogP contribution in [0.25, 0.3) is 0 Å². The van der Waals surface area contributed by atoms with Gasteiger partial charge in [-0.05, 0) is 55.7 Å². The molecule has 1 aromatic carbocycles. The van der Waals surface area contributed by atoms with Gasteiger partial charge in [0.05, 0.1) is 6.61 Å². The lowest BCUT2D eigenvalue weighted by molar-refractivity contribution is 0.277. The fourth-order valence-electron chi connectivity index (χ4n) is 3.96. The average Bonchev–Trinajstić information content (AvgIpc) is 3.09. The number of anilines is 1. The fourth-order valence-corrected chi connectivity index (χ4v) is 5.91. The first-order valence-electron chi connectivity index (χ1n) is 7.63. The minimum Gasteiger partial charge on any atom is -0.492 e. The highest BCUT2D eigenvalue weighted by atomic mass is 32.2. The summed E-state index contributed by atoms with van der Waals surface area (Å²) in [5.41, 5.74) is 7.34. The normalized spacial score (nSPS) is 28.4. The molecule has 4 rings (SSSR count). The lowest BCUT2D eigenvalue weighted by Crippen LogP contribution is -2.38. The summed E-state index contributed by atoms with van der Waals surface area (Å²) < 4.78 is 33.4. The number of piperidine rings is 1. The number of aryl methyl sites for hydroxylation is 1. The highest BCUT2D eigenvalue weighted by Crippen LogP contribution is 2.43. The summed E-state index contributed by atoms with van der Waals surface area (Å²) in [5.74, 6) is 1.06. The van der Waals surface area contributed by atoms with Crippen LogP contribution in [0.3, 0.4) is 0 Å². The van der Waals surface area contributed by atoms with Crippen molar-refractivity contribution in [2.24, 2.45) is 5.92 Å². The Morgan fingerprint density at radius 1 is 1.29 bits per heavy atom. The third-order valence-corrected chi connectivity index (χ3v) is 6.86. The van der Waals surface area contributed by atoms with Crippen molar-refractivity contribution in [3.8, 4) is 5.75 Å². The van der Waals surface area contributed by atoms with Gasteiger partial charge in [-0.2, -0.15) is 4.31 Å². The average molecular weight is 308 g/mol. The van der Waals surface area contributed by atoms with Crippen LogP contribution in [0, 0.1) is 5.92 Å². The zero-order valence-corrected chi connectivity index (χ0v) is 12.7. The van der Waals surface area contributed by atoms with Crippen molar-refractivity contribution in [1.82, 2.24) is 4.31 Å². The number of hydrogen-bond donors (Lipinski definition) is 1. The number of hydrogen-bond acceptors (Lipinski definition) is 4. The molecular weight excluding hydrogens is 288 g/mol. The molecule has 2 bridgehead atoms. The zero-order valence-electron chi connectivity index (χ0n) is 11.9. The number of rotatable bonds is 2. The van der Waals surface area contributed by atoms with Crippen molar-refractivity contribution in [1.29, 1.82) is 0 Å². The number of nitrogens with two attached hydrogens (primary N) is 1. The molecule has 0 aromatic heterocycles. The predicted octanol–water partition coefficient (Wildman–Crippen LogP) is 1.77. The second-order valence-electron chi connectivity index (χ2n) is 6.37. The van der Waals surface area contributed by atoms with Crippen LogP contribution in [0.15, 0.2) is 17.0 Å². The van der Waals surface area contributed by atoms with Gasteiger partial charge in [0, 0.05) is 18.3 Å². The molecule has 2 aliphatic heterocycles. The van der Waals surface area contributed by atoms with Crippen LogP contribution in [0.4, 0.5) is 5.69 Å². The highest BCUT2D eigenvalue weighted by molar-refractivity contribution is 7.89. The summed E-state index contributed by atoms with van der Waals surface area (Å²) in [6.45, 7) is 1.22. The molecular formula is C15H20N2O3S. The summed E-state index contributed by atoms with van der Waals surface area (Å²) in [4.78, 5) is 0.268. The molecule has 2 N–H and O–H groups in total. The first-order chi connectivity index (χ1) is 10.1. The molecule has 0 radical (unpaired) electrons. The first kappa shape index (κ1) is 13.4. The quantitative estimate of drug-likeness (QED) is 0.845. The second-order valence-corrected chi connectivity index (χ2v) is 8.23. The van der Waals surface area contributed by atoms with Crippen molar-refractivity contribution in [2.75, 3.05) is 18.9 Å². The SMILES string of the molecule is Nc1cc2c(c(S(=O)(=O)N3CC4CCC3C4)c1)OCCC2. The minimum absolute atomic E-state index is 0.167. The largest absolute Gasteiger partial charge is 0.492 e. The Morgan fingerprint density at radius 2 is 2.14 bits per heavy atom. The molecule has 1 saturated heterocycles. The maximum absolute atomic E-state index is 13.0. The molecule has 3 aliphatic rings. The Kier molecular flexibility index (Phi) is 2.94. The standard InChI is InChI=1S/C15H20N2O3S/c16-12-7-11-2-1-5-20-15(11)14(8-12)21(18,19)17-9-10-3-4-13(17)6-10/h7-8,10,13H,1-6,9,16H2. The smallest absolute Gasteiger partial charge is 0.247 e. The van der Waals surface area contributed by atoms with E-state index < -0.39 is 10.0 Å². The molecule has 2 heterocycles. The molecule has 0 spiro atoms. The van der Waals surface area contributed by atoms with Gasteiger partial charge >= 0.3 is 0 Å². The molecule has 2 unspecified atom stereocenters. The molecule has 1 saturated carbocycles. The number of nitrogens with zero attached hydrogens (tertiary/aromatic N) is 1. The van der Waals surface area contributed by atoms with Crippen molar-refractivity contribution in [2.45, 2.75) is 43.0 Å². The van der Waals surface area contributed by atoms with Crippen molar-refractivity contribution in [3.63, 3.8) is 0 Å². The van der Waals surface area contributed by atoms with Crippen LogP contribution < -0.4 is 10.5 Å². The van der Waals surface area contributed by atoms with Crippen LogP contribution in [0.5, 0.6) is 5.75 Å². The van der Waals surface area contributed by atoms with E-state index in [0.29, 0.717) is 30.5 Å². The lowest BCUT2D eigenvalue weighted by Gasteiger charge is -2.28. The van der Waals surface area contributed by atoms with Gasteiger partial charge in [0.25, 0.3) is 0 Å². The van der Waals surface area contributed by atoms with Gasteiger partial charge in [0.2, 0.25) is 10.0 Å².